The zero-order valence-corrected chi connectivity index (χ0v) is 12.1. The van der Waals surface area contributed by atoms with Crippen LogP contribution in [0.3, 0.4) is 0 Å². The molecule has 0 saturated carbocycles. The predicted octanol–water partition coefficient (Wildman–Crippen LogP) is 2.32. The van der Waals surface area contributed by atoms with Gasteiger partial charge in [-0.2, -0.15) is 0 Å². The van der Waals surface area contributed by atoms with Gasteiger partial charge in [0.05, 0.1) is 5.60 Å². The Hall–Kier alpha value is -2.07. The molecule has 1 heterocycles. The lowest BCUT2D eigenvalue weighted by molar-refractivity contribution is 0.0368. The summed E-state index contributed by atoms with van der Waals surface area (Å²) < 4.78 is 1.95. The van der Waals surface area contributed by atoms with Gasteiger partial charge in [-0.1, -0.05) is 6.07 Å². The molecule has 0 aliphatic heterocycles. The monoisotopic (exact) mass is 272 g/mol. The van der Waals surface area contributed by atoms with Crippen molar-refractivity contribution in [1.82, 2.24) is 9.47 Å². The largest absolute Gasteiger partial charge is 0.389 e. The third kappa shape index (κ3) is 3.48. The molecule has 0 saturated heterocycles. The van der Waals surface area contributed by atoms with E-state index >= 15 is 0 Å². The first kappa shape index (κ1) is 14.3. The van der Waals surface area contributed by atoms with Crippen molar-refractivity contribution < 1.29 is 9.90 Å². The molecule has 1 amide bonds. The molecule has 1 aromatic heterocycles. The maximum Gasteiger partial charge on any atom is 0.253 e. The smallest absolute Gasteiger partial charge is 0.253 e. The molecule has 0 spiro atoms. The molecule has 4 nitrogen and oxygen atoms in total. The van der Waals surface area contributed by atoms with Crippen molar-refractivity contribution in [2.45, 2.75) is 19.4 Å². The van der Waals surface area contributed by atoms with Crippen LogP contribution < -0.4 is 0 Å². The first-order valence-corrected chi connectivity index (χ1v) is 6.58. The van der Waals surface area contributed by atoms with E-state index in [2.05, 4.69) is 0 Å². The Morgan fingerprint density at radius 2 is 1.90 bits per heavy atom. The summed E-state index contributed by atoms with van der Waals surface area (Å²) in [6.45, 7) is 3.67. The maximum atomic E-state index is 12.3. The molecule has 0 bridgehead atoms. The van der Waals surface area contributed by atoms with Crippen LogP contribution in [-0.4, -0.2) is 39.7 Å². The molecule has 106 valence electrons. The number of carbonyl (C=O) groups excluding carboxylic acids is 1. The Balaban J connectivity index is 2.21. The lowest BCUT2D eigenvalue weighted by Gasteiger charge is -2.25. The van der Waals surface area contributed by atoms with E-state index in [1.165, 1.54) is 4.90 Å². The molecule has 1 aromatic carbocycles. The van der Waals surface area contributed by atoms with Crippen LogP contribution >= 0.6 is 0 Å². The fraction of sp³-hybridized carbons (Fsp3) is 0.312. The Morgan fingerprint density at radius 1 is 1.25 bits per heavy atom. The van der Waals surface area contributed by atoms with Crippen LogP contribution in [0, 0.1) is 0 Å². The highest BCUT2D eigenvalue weighted by Gasteiger charge is 2.20. The van der Waals surface area contributed by atoms with Crippen LogP contribution in [0.1, 0.15) is 24.2 Å². The van der Waals surface area contributed by atoms with Gasteiger partial charge < -0.3 is 14.6 Å². The third-order valence-electron chi connectivity index (χ3n) is 2.97. The van der Waals surface area contributed by atoms with Gasteiger partial charge in [0, 0.05) is 37.2 Å². The summed E-state index contributed by atoms with van der Waals surface area (Å²) in [6.07, 6.45) is 3.87. The summed E-state index contributed by atoms with van der Waals surface area (Å²) >= 11 is 0. The minimum Gasteiger partial charge on any atom is -0.389 e. The van der Waals surface area contributed by atoms with Crippen LogP contribution in [0.5, 0.6) is 0 Å². The van der Waals surface area contributed by atoms with Gasteiger partial charge in [-0.05, 0) is 44.2 Å². The quantitative estimate of drug-likeness (QED) is 0.928. The number of amides is 1. The maximum absolute atomic E-state index is 12.3. The molecule has 0 aliphatic rings. The van der Waals surface area contributed by atoms with Crippen molar-refractivity contribution in [3.05, 3.63) is 54.4 Å². The summed E-state index contributed by atoms with van der Waals surface area (Å²) in [5, 5.41) is 9.79. The summed E-state index contributed by atoms with van der Waals surface area (Å²) in [7, 11) is 1.70. The molecule has 0 aliphatic carbocycles. The van der Waals surface area contributed by atoms with Gasteiger partial charge in [-0.25, -0.2) is 0 Å². The first-order chi connectivity index (χ1) is 9.37. The van der Waals surface area contributed by atoms with E-state index in [9.17, 15) is 9.90 Å². The minimum atomic E-state index is -0.900. The van der Waals surface area contributed by atoms with E-state index in [4.69, 9.17) is 0 Å². The van der Waals surface area contributed by atoms with Crippen LogP contribution in [0.15, 0.2) is 48.8 Å². The van der Waals surface area contributed by atoms with Gasteiger partial charge >= 0.3 is 0 Å². The van der Waals surface area contributed by atoms with E-state index in [1.54, 1.807) is 27.0 Å². The normalized spacial score (nSPS) is 11.4. The number of hydrogen-bond donors (Lipinski definition) is 1. The van der Waals surface area contributed by atoms with Gasteiger partial charge in [0.25, 0.3) is 5.91 Å². The van der Waals surface area contributed by atoms with E-state index in [0.29, 0.717) is 12.1 Å². The average molecular weight is 272 g/mol. The fourth-order valence-electron chi connectivity index (χ4n) is 2.18. The minimum absolute atomic E-state index is 0.0962. The van der Waals surface area contributed by atoms with Crippen molar-refractivity contribution >= 4 is 5.91 Å². The summed E-state index contributed by atoms with van der Waals surface area (Å²) in [5.74, 6) is -0.0962. The summed E-state index contributed by atoms with van der Waals surface area (Å²) in [6, 6.07) is 11.3. The van der Waals surface area contributed by atoms with Crippen LogP contribution in [-0.2, 0) is 0 Å². The average Bonchev–Trinajstić information content (AvgIpc) is 2.90. The molecule has 2 rings (SSSR count). The van der Waals surface area contributed by atoms with E-state index in [-0.39, 0.29) is 5.91 Å². The molecule has 0 radical (unpaired) electrons. The molecule has 20 heavy (non-hydrogen) atoms. The SMILES string of the molecule is CN(CC(C)(C)O)C(=O)c1cccc(-n2cccc2)c1. The number of aromatic nitrogens is 1. The molecular weight excluding hydrogens is 252 g/mol. The summed E-state index contributed by atoms with van der Waals surface area (Å²) in [4.78, 5) is 13.9. The van der Waals surface area contributed by atoms with Crippen LogP contribution in [0.4, 0.5) is 0 Å². The topological polar surface area (TPSA) is 45.5 Å². The molecule has 0 fully saturated rings. The van der Waals surface area contributed by atoms with Gasteiger partial charge in [-0.15, -0.1) is 0 Å². The summed E-state index contributed by atoms with van der Waals surface area (Å²) in [5.41, 5.74) is 0.656. The van der Waals surface area contributed by atoms with Crippen molar-refractivity contribution in [3.8, 4) is 5.69 Å². The van der Waals surface area contributed by atoms with E-state index in [0.717, 1.165) is 5.69 Å². The van der Waals surface area contributed by atoms with Crippen molar-refractivity contribution in [1.29, 1.82) is 0 Å². The molecular formula is C16H20N2O2. The second-order valence-electron chi connectivity index (χ2n) is 5.61. The number of hydrogen-bond acceptors (Lipinski definition) is 2. The third-order valence-corrected chi connectivity index (χ3v) is 2.97. The molecule has 1 N–H and O–H groups in total. The number of carbonyl (C=O) groups is 1. The zero-order chi connectivity index (χ0) is 14.8. The molecule has 0 unspecified atom stereocenters. The Morgan fingerprint density at radius 3 is 2.50 bits per heavy atom. The molecule has 2 aromatic rings. The second kappa shape index (κ2) is 5.51. The number of aliphatic hydroxyl groups is 1. The van der Waals surface area contributed by atoms with Gasteiger partial charge in [0.1, 0.15) is 0 Å². The van der Waals surface area contributed by atoms with Crippen LogP contribution in [0.2, 0.25) is 0 Å². The lowest BCUT2D eigenvalue weighted by atomic mass is 10.1. The van der Waals surface area contributed by atoms with Crippen molar-refractivity contribution in [2.24, 2.45) is 0 Å². The van der Waals surface area contributed by atoms with Crippen LogP contribution in [0.25, 0.3) is 5.69 Å². The molecule has 0 atom stereocenters. The number of benzene rings is 1. The van der Waals surface area contributed by atoms with E-state index in [1.807, 2.05) is 47.3 Å². The lowest BCUT2D eigenvalue weighted by Crippen LogP contribution is -2.39. The zero-order valence-electron chi connectivity index (χ0n) is 12.1. The molecule has 4 heteroatoms. The number of nitrogens with zero attached hydrogens (tertiary/aromatic N) is 2. The van der Waals surface area contributed by atoms with Crippen molar-refractivity contribution in [2.75, 3.05) is 13.6 Å². The standard InChI is InChI=1S/C16H20N2O2/c1-16(2,20)12-17(3)15(19)13-7-6-8-14(11-13)18-9-4-5-10-18/h4-11,20H,12H2,1-3H3. The number of likely N-dealkylation sites (N-methyl/N-ethyl adjacent to an activating group) is 1. The van der Waals surface area contributed by atoms with Gasteiger partial charge in [-0.3, -0.25) is 4.79 Å². The number of rotatable bonds is 4. The second-order valence-corrected chi connectivity index (χ2v) is 5.61. The Bertz CT molecular complexity index is 583. The Kier molecular flexibility index (Phi) is 3.95. The van der Waals surface area contributed by atoms with Gasteiger partial charge in [0.15, 0.2) is 0 Å². The van der Waals surface area contributed by atoms with E-state index < -0.39 is 5.60 Å². The Labute approximate surface area is 119 Å². The van der Waals surface area contributed by atoms with Gasteiger partial charge in [0.2, 0.25) is 0 Å². The highest BCUT2D eigenvalue weighted by molar-refractivity contribution is 5.94. The first-order valence-electron chi connectivity index (χ1n) is 6.58. The predicted molar refractivity (Wildman–Crippen MR) is 79.0 cm³/mol. The highest BCUT2D eigenvalue weighted by atomic mass is 16.3. The van der Waals surface area contributed by atoms with Crippen molar-refractivity contribution in [3.63, 3.8) is 0 Å². The highest BCUT2D eigenvalue weighted by Crippen LogP contribution is 2.14. The fourth-order valence-corrected chi connectivity index (χ4v) is 2.18.